The van der Waals surface area contributed by atoms with Crippen LogP contribution in [0.3, 0.4) is 0 Å². The van der Waals surface area contributed by atoms with Gasteiger partial charge in [-0.2, -0.15) is 0 Å². The van der Waals surface area contributed by atoms with Gasteiger partial charge < -0.3 is 19.5 Å². The Morgan fingerprint density at radius 3 is 2.94 bits per heavy atom. The van der Waals surface area contributed by atoms with Gasteiger partial charge in [0.25, 0.3) is 0 Å². The molecular formula is C23H27ClN6O2. The fourth-order valence-corrected chi connectivity index (χ4v) is 4.99. The summed E-state index contributed by atoms with van der Waals surface area (Å²) >= 11 is 6.20. The monoisotopic (exact) mass is 454 g/mol. The number of methoxy groups -OCH3 is 1. The van der Waals surface area contributed by atoms with E-state index in [1.807, 2.05) is 0 Å². The number of piperidine rings is 1. The van der Waals surface area contributed by atoms with Gasteiger partial charge in [0.1, 0.15) is 17.9 Å². The van der Waals surface area contributed by atoms with Crippen molar-refractivity contribution in [2.24, 2.45) is 5.92 Å². The zero-order valence-electron chi connectivity index (χ0n) is 18.2. The Labute approximate surface area is 192 Å². The molecule has 1 fully saturated rings. The Morgan fingerprint density at radius 1 is 1.19 bits per heavy atom. The Kier molecular flexibility index (Phi) is 5.87. The Bertz CT molecular complexity index is 1150. The molecule has 9 heteroatoms. The topological polar surface area (TPSA) is 85.2 Å². The molecule has 168 valence electrons. The zero-order valence-corrected chi connectivity index (χ0v) is 18.9. The van der Waals surface area contributed by atoms with Crippen molar-refractivity contribution in [3.05, 3.63) is 35.4 Å². The van der Waals surface area contributed by atoms with Crippen molar-refractivity contribution in [2.45, 2.75) is 45.1 Å². The second-order valence-corrected chi connectivity index (χ2v) is 8.89. The summed E-state index contributed by atoms with van der Waals surface area (Å²) in [5.74, 6) is 2.36. The average Bonchev–Trinajstić information content (AvgIpc) is 3.00. The molecule has 0 bridgehead atoms. The second-order valence-electron chi connectivity index (χ2n) is 8.48. The highest BCUT2D eigenvalue weighted by Gasteiger charge is 2.29. The highest BCUT2D eigenvalue weighted by molar-refractivity contribution is 6.32. The van der Waals surface area contributed by atoms with Crippen LogP contribution in [0.2, 0.25) is 5.02 Å². The predicted molar refractivity (Wildman–Crippen MR) is 124 cm³/mol. The molecule has 1 N–H and O–H groups in total. The first-order valence-electron chi connectivity index (χ1n) is 11.2. The van der Waals surface area contributed by atoms with Crippen molar-refractivity contribution in [3.63, 3.8) is 0 Å². The van der Waals surface area contributed by atoms with Gasteiger partial charge in [0.2, 0.25) is 5.91 Å². The molecule has 2 aromatic heterocycles. The normalized spacial score (nSPS) is 18.8. The SMILES string of the molecule is COc1ccc(NC(=O)[C@H]2CCCN(c3ncnc4c3nc3n4CCCCC3)C2)cc1Cl. The molecule has 32 heavy (non-hydrogen) atoms. The molecule has 1 aromatic carbocycles. The molecule has 1 saturated heterocycles. The third-order valence-electron chi connectivity index (χ3n) is 6.38. The van der Waals surface area contributed by atoms with Gasteiger partial charge in [0.15, 0.2) is 17.0 Å². The number of hydrogen-bond donors (Lipinski definition) is 1. The van der Waals surface area contributed by atoms with Crippen LogP contribution >= 0.6 is 11.6 Å². The lowest BCUT2D eigenvalue weighted by atomic mass is 9.97. The molecule has 2 aliphatic heterocycles. The maximum Gasteiger partial charge on any atom is 0.229 e. The lowest BCUT2D eigenvalue weighted by molar-refractivity contribution is -0.120. The van der Waals surface area contributed by atoms with E-state index in [-0.39, 0.29) is 11.8 Å². The number of hydrogen-bond acceptors (Lipinski definition) is 6. The molecule has 0 unspecified atom stereocenters. The molecule has 0 spiro atoms. The van der Waals surface area contributed by atoms with Crippen LogP contribution in [0, 0.1) is 5.92 Å². The third kappa shape index (κ3) is 3.99. The van der Waals surface area contributed by atoms with E-state index in [4.69, 9.17) is 21.3 Å². The van der Waals surface area contributed by atoms with Crippen molar-refractivity contribution in [1.82, 2.24) is 19.5 Å². The number of aryl methyl sites for hydroxylation is 2. The Morgan fingerprint density at radius 2 is 2.09 bits per heavy atom. The maximum absolute atomic E-state index is 13.0. The van der Waals surface area contributed by atoms with Crippen LogP contribution in [0.25, 0.3) is 11.2 Å². The number of nitrogens with zero attached hydrogens (tertiary/aromatic N) is 5. The summed E-state index contributed by atoms with van der Waals surface area (Å²) in [7, 11) is 1.57. The number of carbonyl (C=O) groups excluding carboxylic acids is 1. The van der Waals surface area contributed by atoms with Gasteiger partial charge in [-0.1, -0.05) is 18.0 Å². The number of rotatable bonds is 4. The standard InChI is InChI=1S/C23H27ClN6O2/c1-32-18-9-8-16(12-17(18)24)27-23(31)15-6-5-10-29(13-15)21-20-22(26-14-25-21)30-11-4-2-3-7-19(30)28-20/h8-9,12,14-15H,2-7,10-11,13H2,1H3,(H,27,31)/t15-/m0/s1. The lowest BCUT2D eigenvalue weighted by Gasteiger charge is -2.32. The van der Waals surface area contributed by atoms with Crippen molar-refractivity contribution >= 4 is 40.2 Å². The fourth-order valence-electron chi connectivity index (χ4n) is 4.73. The Balaban J connectivity index is 1.35. The number of amides is 1. The van der Waals surface area contributed by atoms with Gasteiger partial charge in [0.05, 0.1) is 18.1 Å². The van der Waals surface area contributed by atoms with E-state index in [2.05, 4.69) is 24.8 Å². The first-order chi connectivity index (χ1) is 15.6. The number of anilines is 2. The minimum absolute atomic E-state index is 0.0122. The Hall–Kier alpha value is -2.87. The van der Waals surface area contributed by atoms with Crippen LogP contribution in [-0.2, 0) is 17.8 Å². The number of nitrogens with one attached hydrogen (secondary N) is 1. The van der Waals surface area contributed by atoms with Gasteiger partial charge in [-0.15, -0.1) is 0 Å². The number of benzene rings is 1. The van der Waals surface area contributed by atoms with Crippen molar-refractivity contribution in [3.8, 4) is 5.75 Å². The molecule has 4 heterocycles. The summed E-state index contributed by atoms with van der Waals surface area (Å²) < 4.78 is 7.43. The first-order valence-corrected chi connectivity index (χ1v) is 11.6. The van der Waals surface area contributed by atoms with E-state index in [0.717, 1.165) is 68.0 Å². The number of fused-ring (bicyclic) bond motifs is 3. The van der Waals surface area contributed by atoms with Crippen LogP contribution in [-0.4, -0.2) is 45.6 Å². The molecule has 1 amide bonds. The molecular weight excluding hydrogens is 428 g/mol. The molecule has 0 saturated carbocycles. The van der Waals surface area contributed by atoms with E-state index < -0.39 is 0 Å². The number of halogens is 1. The van der Waals surface area contributed by atoms with E-state index in [9.17, 15) is 4.79 Å². The molecule has 0 aliphatic carbocycles. The summed E-state index contributed by atoms with van der Waals surface area (Å²) in [6.07, 6.45) is 7.89. The zero-order chi connectivity index (χ0) is 22.1. The number of aromatic nitrogens is 4. The van der Waals surface area contributed by atoms with E-state index in [0.29, 0.717) is 23.0 Å². The second kappa shape index (κ2) is 8.94. The quantitative estimate of drug-likeness (QED) is 0.639. The molecule has 8 nitrogen and oxygen atoms in total. The summed E-state index contributed by atoms with van der Waals surface area (Å²) in [5, 5.41) is 3.47. The van der Waals surface area contributed by atoms with Gasteiger partial charge in [-0.25, -0.2) is 15.0 Å². The number of ether oxygens (including phenoxy) is 1. The van der Waals surface area contributed by atoms with Crippen LogP contribution < -0.4 is 15.0 Å². The van der Waals surface area contributed by atoms with Gasteiger partial charge in [-0.3, -0.25) is 4.79 Å². The van der Waals surface area contributed by atoms with E-state index in [1.165, 1.54) is 6.42 Å². The maximum atomic E-state index is 13.0. The van der Waals surface area contributed by atoms with Gasteiger partial charge in [0, 0.05) is 31.7 Å². The van der Waals surface area contributed by atoms with E-state index in [1.54, 1.807) is 31.6 Å². The van der Waals surface area contributed by atoms with Crippen LogP contribution in [0.1, 0.15) is 37.9 Å². The number of carbonyl (C=O) groups is 1. The molecule has 3 aromatic rings. The van der Waals surface area contributed by atoms with Crippen molar-refractivity contribution < 1.29 is 9.53 Å². The van der Waals surface area contributed by atoms with Gasteiger partial charge >= 0.3 is 0 Å². The summed E-state index contributed by atoms with van der Waals surface area (Å²) in [5.41, 5.74) is 2.43. The predicted octanol–water partition coefficient (Wildman–Crippen LogP) is 4.07. The van der Waals surface area contributed by atoms with Gasteiger partial charge in [-0.05, 0) is 43.9 Å². The fraction of sp³-hybridized carbons (Fsp3) is 0.478. The average molecular weight is 455 g/mol. The third-order valence-corrected chi connectivity index (χ3v) is 6.68. The molecule has 0 radical (unpaired) electrons. The summed E-state index contributed by atoms with van der Waals surface area (Å²) in [6, 6.07) is 5.27. The first kappa shape index (κ1) is 21.0. The lowest BCUT2D eigenvalue weighted by Crippen LogP contribution is -2.41. The van der Waals surface area contributed by atoms with E-state index >= 15 is 0 Å². The highest BCUT2D eigenvalue weighted by Crippen LogP contribution is 2.31. The van der Waals surface area contributed by atoms with Crippen LogP contribution in [0.4, 0.5) is 11.5 Å². The van der Waals surface area contributed by atoms with Crippen LogP contribution in [0.5, 0.6) is 5.75 Å². The van der Waals surface area contributed by atoms with Crippen molar-refractivity contribution in [2.75, 3.05) is 30.4 Å². The highest BCUT2D eigenvalue weighted by atomic mass is 35.5. The minimum Gasteiger partial charge on any atom is -0.495 e. The summed E-state index contributed by atoms with van der Waals surface area (Å²) in [4.78, 5) is 29.2. The molecule has 5 rings (SSSR count). The summed E-state index contributed by atoms with van der Waals surface area (Å²) in [6.45, 7) is 2.41. The smallest absolute Gasteiger partial charge is 0.229 e. The number of imidazole rings is 1. The largest absolute Gasteiger partial charge is 0.495 e. The molecule has 2 aliphatic rings. The van der Waals surface area contributed by atoms with Crippen LogP contribution in [0.15, 0.2) is 24.5 Å². The van der Waals surface area contributed by atoms with Crippen molar-refractivity contribution in [1.29, 1.82) is 0 Å². The molecule has 1 atom stereocenters. The minimum atomic E-state index is -0.143.